The summed E-state index contributed by atoms with van der Waals surface area (Å²) in [5, 5.41) is 14.2. The van der Waals surface area contributed by atoms with Gasteiger partial charge in [-0.1, -0.05) is 23.8 Å². The summed E-state index contributed by atoms with van der Waals surface area (Å²) in [6.45, 7) is 2.46. The average Bonchev–Trinajstić information content (AvgIpc) is 2.87. The number of aryl methyl sites for hydroxylation is 1. The molecule has 0 radical (unpaired) electrons. The second-order valence-corrected chi connectivity index (χ2v) is 5.08. The van der Waals surface area contributed by atoms with Crippen LogP contribution < -0.4 is 5.32 Å². The van der Waals surface area contributed by atoms with Crippen molar-refractivity contribution in [2.24, 2.45) is 0 Å². The SMILES string of the molecule is Cc1ccc(F)c(C(C#N)NCc2cccs2)c1. The lowest BCUT2D eigenvalue weighted by Gasteiger charge is -2.12. The Kier molecular flexibility index (Phi) is 4.08. The fourth-order valence-corrected chi connectivity index (χ4v) is 2.38. The number of nitrogens with one attached hydrogen (secondary N) is 1. The van der Waals surface area contributed by atoms with Gasteiger partial charge in [-0.3, -0.25) is 5.32 Å². The third-order valence-corrected chi connectivity index (χ3v) is 3.53. The number of benzene rings is 1. The summed E-state index contributed by atoms with van der Waals surface area (Å²) in [5.74, 6) is -0.342. The molecule has 1 atom stereocenters. The van der Waals surface area contributed by atoms with E-state index < -0.39 is 6.04 Å². The first-order chi connectivity index (χ1) is 8.70. The van der Waals surface area contributed by atoms with Gasteiger partial charge in [0.25, 0.3) is 0 Å². The Hall–Kier alpha value is -1.70. The number of thiophene rings is 1. The molecule has 1 unspecified atom stereocenters. The van der Waals surface area contributed by atoms with Gasteiger partial charge in [0.05, 0.1) is 6.07 Å². The quantitative estimate of drug-likeness (QED) is 0.912. The maximum Gasteiger partial charge on any atom is 0.129 e. The summed E-state index contributed by atoms with van der Waals surface area (Å²) in [6.07, 6.45) is 0. The molecule has 0 amide bonds. The number of hydrogen-bond donors (Lipinski definition) is 1. The summed E-state index contributed by atoms with van der Waals surface area (Å²) in [4.78, 5) is 1.13. The summed E-state index contributed by atoms with van der Waals surface area (Å²) in [7, 11) is 0. The van der Waals surface area contributed by atoms with E-state index in [1.165, 1.54) is 6.07 Å². The lowest BCUT2D eigenvalue weighted by Crippen LogP contribution is -2.20. The second-order valence-electron chi connectivity index (χ2n) is 4.05. The van der Waals surface area contributed by atoms with Crippen molar-refractivity contribution < 1.29 is 4.39 Å². The zero-order valence-electron chi connectivity index (χ0n) is 9.98. The van der Waals surface area contributed by atoms with Crippen molar-refractivity contribution >= 4 is 11.3 Å². The van der Waals surface area contributed by atoms with Gasteiger partial charge < -0.3 is 0 Å². The Morgan fingerprint density at radius 3 is 2.94 bits per heavy atom. The third-order valence-electron chi connectivity index (χ3n) is 2.65. The van der Waals surface area contributed by atoms with E-state index in [0.29, 0.717) is 12.1 Å². The third kappa shape index (κ3) is 2.95. The molecule has 0 spiro atoms. The highest BCUT2D eigenvalue weighted by molar-refractivity contribution is 7.09. The minimum absolute atomic E-state index is 0.342. The Morgan fingerprint density at radius 1 is 1.44 bits per heavy atom. The van der Waals surface area contributed by atoms with Crippen LogP contribution in [0.4, 0.5) is 4.39 Å². The van der Waals surface area contributed by atoms with Gasteiger partial charge in [0.2, 0.25) is 0 Å². The molecule has 0 bridgehead atoms. The Morgan fingerprint density at radius 2 is 2.28 bits per heavy atom. The number of rotatable bonds is 4. The topological polar surface area (TPSA) is 35.8 Å². The Balaban J connectivity index is 2.13. The molecule has 2 nitrogen and oxygen atoms in total. The smallest absolute Gasteiger partial charge is 0.129 e. The van der Waals surface area contributed by atoms with Crippen molar-refractivity contribution in [3.63, 3.8) is 0 Å². The molecule has 0 aliphatic carbocycles. The van der Waals surface area contributed by atoms with Gasteiger partial charge >= 0.3 is 0 Å². The predicted octanol–water partition coefficient (Wildman–Crippen LogP) is 3.55. The average molecular weight is 260 g/mol. The van der Waals surface area contributed by atoms with E-state index in [4.69, 9.17) is 5.26 Å². The Labute approximate surface area is 110 Å². The number of hydrogen-bond acceptors (Lipinski definition) is 3. The first-order valence-electron chi connectivity index (χ1n) is 5.62. The van der Waals surface area contributed by atoms with Crippen LogP contribution in [0.5, 0.6) is 0 Å². The van der Waals surface area contributed by atoms with Crippen LogP contribution in [0.15, 0.2) is 35.7 Å². The van der Waals surface area contributed by atoms with E-state index in [2.05, 4.69) is 11.4 Å². The van der Waals surface area contributed by atoms with Gasteiger partial charge in [-0.15, -0.1) is 11.3 Å². The van der Waals surface area contributed by atoms with E-state index >= 15 is 0 Å². The second kappa shape index (κ2) is 5.76. The minimum atomic E-state index is -0.619. The van der Waals surface area contributed by atoms with E-state index in [1.807, 2.05) is 24.4 Å². The molecule has 1 aromatic heterocycles. The number of halogens is 1. The summed E-state index contributed by atoms with van der Waals surface area (Å²) in [5.41, 5.74) is 1.36. The molecule has 0 saturated heterocycles. The maximum absolute atomic E-state index is 13.7. The fraction of sp³-hybridized carbons (Fsp3) is 0.214. The zero-order valence-corrected chi connectivity index (χ0v) is 10.8. The highest BCUT2D eigenvalue weighted by atomic mass is 32.1. The fourth-order valence-electron chi connectivity index (χ4n) is 1.73. The van der Waals surface area contributed by atoms with Crippen LogP contribution >= 0.6 is 11.3 Å². The molecule has 92 valence electrons. The van der Waals surface area contributed by atoms with Crippen LogP contribution in [0, 0.1) is 24.1 Å². The van der Waals surface area contributed by atoms with Crippen LogP contribution in [0.2, 0.25) is 0 Å². The molecule has 0 aliphatic heterocycles. The van der Waals surface area contributed by atoms with E-state index in [0.717, 1.165) is 10.4 Å². The van der Waals surface area contributed by atoms with Crippen molar-refractivity contribution in [3.8, 4) is 6.07 Å². The van der Waals surface area contributed by atoms with Gasteiger partial charge in [-0.2, -0.15) is 5.26 Å². The summed E-state index contributed by atoms with van der Waals surface area (Å²) >= 11 is 1.61. The first-order valence-corrected chi connectivity index (χ1v) is 6.50. The zero-order chi connectivity index (χ0) is 13.0. The molecule has 1 N–H and O–H groups in total. The summed E-state index contributed by atoms with van der Waals surface area (Å²) < 4.78 is 13.7. The van der Waals surface area contributed by atoms with Gasteiger partial charge in [0.1, 0.15) is 11.9 Å². The normalized spacial score (nSPS) is 12.1. The molecular formula is C14H13FN2S. The lowest BCUT2D eigenvalue weighted by atomic mass is 10.0. The molecule has 1 aromatic carbocycles. The molecule has 0 aliphatic rings. The molecule has 4 heteroatoms. The van der Waals surface area contributed by atoms with Crippen molar-refractivity contribution in [2.45, 2.75) is 19.5 Å². The lowest BCUT2D eigenvalue weighted by molar-refractivity contribution is 0.563. The van der Waals surface area contributed by atoms with E-state index in [9.17, 15) is 4.39 Å². The summed E-state index contributed by atoms with van der Waals surface area (Å²) in [6, 6.07) is 10.2. The van der Waals surface area contributed by atoms with Crippen molar-refractivity contribution in [1.29, 1.82) is 5.26 Å². The van der Waals surface area contributed by atoms with E-state index in [1.54, 1.807) is 23.5 Å². The molecule has 1 heterocycles. The number of nitriles is 1. The molecule has 2 aromatic rings. The molecular weight excluding hydrogens is 247 g/mol. The Bertz CT molecular complexity index is 558. The highest BCUT2D eigenvalue weighted by Crippen LogP contribution is 2.19. The predicted molar refractivity (Wildman–Crippen MR) is 70.6 cm³/mol. The molecule has 0 saturated carbocycles. The van der Waals surface area contributed by atoms with Crippen molar-refractivity contribution in [1.82, 2.24) is 5.32 Å². The molecule has 2 rings (SSSR count). The van der Waals surface area contributed by atoms with Crippen LogP contribution in [0.1, 0.15) is 22.0 Å². The van der Waals surface area contributed by atoms with Gasteiger partial charge in [-0.25, -0.2) is 4.39 Å². The van der Waals surface area contributed by atoms with Crippen LogP contribution in [-0.4, -0.2) is 0 Å². The molecule has 18 heavy (non-hydrogen) atoms. The number of nitrogens with zero attached hydrogens (tertiary/aromatic N) is 1. The van der Waals surface area contributed by atoms with Crippen molar-refractivity contribution in [2.75, 3.05) is 0 Å². The molecule has 0 fully saturated rings. The van der Waals surface area contributed by atoms with Crippen molar-refractivity contribution in [3.05, 3.63) is 57.5 Å². The first kappa shape index (κ1) is 12.7. The van der Waals surface area contributed by atoms with Crippen LogP contribution in [0.3, 0.4) is 0 Å². The van der Waals surface area contributed by atoms with Crippen LogP contribution in [-0.2, 0) is 6.54 Å². The van der Waals surface area contributed by atoms with Gasteiger partial charge in [0.15, 0.2) is 0 Å². The standard InChI is InChI=1S/C14H13FN2S/c1-10-4-5-13(15)12(7-10)14(8-16)17-9-11-3-2-6-18-11/h2-7,14,17H,9H2,1H3. The van der Waals surface area contributed by atoms with Gasteiger partial charge in [-0.05, 0) is 24.4 Å². The largest absolute Gasteiger partial charge is 0.293 e. The van der Waals surface area contributed by atoms with Crippen LogP contribution in [0.25, 0.3) is 0 Å². The highest BCUT2D eigenvalue weighted by Gasteiger charge is 2.14. The maximum atomic E-state index is 13.7. The monoisotopic (exact) mass is 260 g/mol. The minimum Gasteiger partial charge on any atom is -0.293 e. The van der Waals surface area contributed by atoms with E-state index in [-0.39, 0.29) is 5.82 Å². The van der Waals surface area contributed by atoms with Gasteiger partial charge in [0, 0.05) is 17.0 Å².